The van der Waals surface area contributed by atoms with Crippen molar-refractivity contribution >= 4 is 27.2 Å². The molecule has 0 bridgehead atoms. The monoisotopic (exact) mass is 460 g/mol. The Hall–Kier alpha value is -3.71. The van der Waals surface area contributed by atoms with Crippen molar-refractivity contribution < 1.29 is 18.3 Å². The topological polar surface area (TPSA) is 95.8 Å². The van der Waals surface area contributed by atoms with Gasteiger partial charge in [0.25, 0.3) is 10.0 Å². The predicted octanol–water partition coefficient (Wildman–Crippen LogP) is 5.06. The molecule has 0 saturated heterocycles. The van der Waals surface area contributed by atoms with Gasteiger partial charge in [0.2, 0.25) is 5.78 Å². The molecule has 0 amide bonds. The van der Waals surface area contributed by atoms with Gasteiger partial charge < -0.3 is 10.4 Å². The number of hydrogen-bond donors (Lipinski definition) is 2. The quantitative estimate of drug-likeness (QED) is 0.531. The number of phenols is 1. The summed E-state index contributed by atoms with van der Waals surface area (Å²) in [6, 6.07) is 19.7. The second kappa shape index (κ2) is 8.33. The number of allylic oxidation sites excluding steroid dienone is 2. The summed E-state index contributed by atoms with van der Waals surface area (Å²) < 4.78 is 30.3. The van der Waals surface area contributed by atoms with Gasteiger partial charge in [-0.3, -0.25) is 4.79 Å². The first-order valence-electron chi connectivity index (χ1n) is 10.4. The van der Waals surface area contributed by atoms with Crippen LogP contribution in [0.3, 0.4) is 0 Å². The number of nitrogens with zero attached hydrogens (tertiary/aromatic N) is 1. The summed E-state index contributed by atoms with van der Waals surface area (Å²) in [5.74, 6) is -0.176. The number of Topliss-reactive ketones (excluding diaryl/α,β-unsaturated/α-hetero) is 1. The van der Waals surface area contributed by atoms with Gasteiger partial charge in [-0.25, -0.2) is 0 Å². The summed E-state index contributed by atoms with van der Waals surface area (Å²) in [6.07, 6.45) is 1.44. The molecule has 1 aliphatic rings. The molecule has 0 aliphatic heterocycles. The molecule has 7 heteroatoms. The van der Waals surface area contributed by atoms with E-state index in [0.29, 0.717) is 16.8 Å². The van der Waals surface area contributed by atoms with Crippen LogP contribution in [0.5, 0.6) is 5.75 Å². The Balaban J connectivity index is 1.76. The highest BCUT2D eigenvalue weighted by molar-refractivity contribution is 7.90. The van der Waals surface area contributed by atoms with Gasteiger partial charge in [0.1, 0.15) is 5.75 Å². The fraction of sp³-hybridized carbons (Fsp3) is 0.154. The number of rotatable bonds is 4. The number of nitrogens with one attached hydrogen (secondary N) is 1. The molecule has 3 aromatic rings. The van der Waals surface area contributed by atoms with E-state index >= 15 is 0 Å². The van der Waals surface area contributed by atoms with Crippen molar-refractivity contribution in [1.82, 2.24) is 0 Å². The summed E-state index contributed by atoms with van der Waals surface area (Å²) in [5, 5.41) is 12.5. The lowest BCUT2D eigenvalue weighted by molar-refractivity contribution is 0.103. The molecule has 0 heterocycles. The molecule has 0 saturated carbocycles. The Kier molecular flexibility index (Phi) is 5.68. The van der Waals surface area contributed by atoms with Gasteiger partial charge in [-0.05, 0) is 53.5 Å². The Morgan fingerprint density at radius 2 is 1.45 bits per heavy atom. The third-order valence-corrected chi connectivity index (χ3v) is 6.66. The van der Waals surface area contributed by atoms with Crippen LogP contribution in [0.4, 0.5) is 5.69 Å². The molecule has 0 spiro atoms. The third kappa shape index (κ3) is 4.73. The van der Waals surface area contributed by atoms with E-state index in [1.54, 1.807) is 60.7 Å². The highest BCUT2D eigenvalue weighted by atomic mass is 32.2. The van der Waals surface area contributed by atoms with Gasteiger partial charge in [0.15, 0.2) is 0 Å². The number of carbonyl (C=O) groups is 1. The molecular formula is C26H24N2O4S. The molecule has 0 atom stereocenters. The van der Waals surface area contributed by atoms with E-state index in [4.69, 9.17) is 0 Å². The van der Waals surface area contributed by atoms with E-state index < -0.39 is 10.0 Å². The van der Waals surface area contributed by atoms with Crippen molar-refractivity contribution in [1.29, 1.82) is 0 Å². The lowest BCUT2D eigenvalue weighted by atomic mass is 9.87. The third-order valence-electron chi connectivity index (χ3n) is 5.36. The molecule has 0 fully saturated rings. The summed E-state index contributed by atoms with van der Waals surface area (Å²) in [7, 11) is -4.01. The number of aromatic hydroxyl groups is 1. The second-order valence-electron chi connectivity index (χ2n) is 8.83. The van der Waals surface area contributed by atoms with Gasteiger partial charge in [-0.15, -0.1) is 0 Å². The van der Waals surface area contributed by atoms with Gasteiger partial charge >= 0.3 is 0 Å². The van der Waals surface area contributed by atoms with Crippen molar-refractivity contribution in [2.45, 2.75) is 31.1 Å². The van der Waals surface area contributed by atoms with Crippen molar-refractivity contribution in [3.63, 3.8) is 0 Å². The second-order valence-corrected chi connectivity index (χ2v) is 10.4. The van der Waals surface area contributed by atoms with Crippen molar-refractivity contribution in [2.75, 3.05) is 5.32 Å². The zero-order valence-electron chi connectivity index (χ0n) is 18.5. The predicted molar refractivity (Wildman–Crippen MR) is 129 cm³/mol. The number of phenolic OH excluding ortho intramolecular Hbond substituents is 1. The molecule has 1 aliphatic carbocycles. The molecule has 2 N–H and O–H groups in total. The number of fused-ring (bicyclic) bond motifs is 1. The molecule has 0 unspecified atom stereocenters. The average Bonchev–Trinajstić information content (AvgIpc) is 2.78. The van der Waals surface area contributed by atoms with Gasteiger partial charge in [-0.1, -0.05) is 57.2 Å². The van der Waals surface area contributed by atoms with Crippen molar-refractivity contribution in [3.8, 4) is 5.75 Å². The Labute approximate surface area is 193 Å². The Morgan fingerprint density at radius 1 is 0.848 bits per heavy atom. The fourth-order valence-corrected chi connectivity index (χ4v) is 4.50. The molecule has 168 valence electrons. The smallest absolute Gasteiger partial charge is 0.282 e. The number of sulfonamides is 1. The summed E-state index contributed by atoms with van der Waals surface area (Å²) in [6.45, 7) is 6.17. The van der Waals surface area contributed by atoms with Crippen LogP contribution >= 0.6 is 0 Å². The van der Waals surface area contributed by atoms with E-state index in [1.165, 1.54) is 18.2 Å². The van der Waals surface area contributed by atoms with Crippen LogP contribution in [0.2, 0.25) is 0 Å². The number of benzene rings is 3. The molecule has 33 heavy (non-hydrogen) atoms. The van der Waals surface area contributed by atoms with Crippen LogP contribution in [0.25, 0.3) is 0 Å². The highest BCUT2D eigenvalue weighted by Crippen LogP contribution is 2.27. The first kappa shape index (κ1) is 22.5. The summed E-state index contributed by atoms with van der Waals surface area (Å²) in [5.41, 5.74) is 2.67. The average molecular weight is 461 g/mol. The van der Waals surface area contributed by atoms with E-state index in [-0.39, 0.29) is 33.3 Å². The molecule has 4 rings (SSSR count). The van der Waals surface area contributed by atoms with Crippen LogP contribution < -0.4 is 5.32 Å². The van der Waals surface area contributed by atoms with Crippen LogP contribution in [0, 0.1) is 0 Å². The minimum absolute atomic E-state index is 0.0822. The number of carbonyl (C=O) groups excluding carboxylic acids is 1. The minimum Gasteiger partial charge on any atom is -0.508 e. The van der Waals surface area contributed by atoms with Crippen LogP contribution in [0.15, 0.2) is 93.9 Å². The highest BCUT2D eigenvalue weighted by Gasteiger charge is 2.26. The van der Waals surface area contributed by atoms with Crippen LogP contribution in [-0.2, 0) is 15.4 Å². The molecule has 3 aromatic carbocycles. The van der Waals surface area contributed by atoms with Crippen molar-refractivity contribution in [2.24, 2.45) is 4.40 Å². The molecule has 0 aromatic heterocycles. The minimum atomic E-state index is -4.01. The first-order chi connectivity index (χ1) is 15.5. The van der Waals surface area contributed by atoms with E-state index in [9.17, 15) is 18.3 Å². The maximum Gasteiger partial charge on any atom is 0.282 e. The fourth-order valence-electron chi connectivity index (χ4n) is 3.51. The maximum atomic E-state index is 13.1. The lowest BCUT2D eigenvalue weighted by Crippen LogP contribution is -2.22. The van der Waals surface area contributed by atoms with Gasteiger partial charge in [-0.2, -0.15) is 12.8 Å². The van der Waals surface area contributed by atoms with Gasteiger partial charge in [0.05, 0.1) is 16.3 Å². The van der Waals surface area contributed by atoms with E-state index in [0.717, 1.165) is 5.56 Å². The summed E-state index contributed by atoms with van der Waals surface area (Å²) >= 11 is 0. The van der Waals surface area contributed by atoms with Crippen molar-refractivity contribution in [3.05, 3.63) is 101 Å². The lowest BCUT2D eigenvalue weighted by Gasteiger charge is -2.19. The largest absolute Gasteiger partial charge is 0.508 e. The van der Waals surface area contributed by atoms with E-state index in [2.05, 4.69) is 30.5 Å². The maximum absolute atomic E-state index is 13.1. The normalized spacial score (nSPS) is 15.2. The Morgan fingerprint density at radius 3 is 2.06 bits per heavy atom. The molecular weight excluding hydrogens is 436 g/mol. The number of ketones is 1. The van der Waals surface area contributed by atoms with E-state index in [1.807, 2.05) is 0 Å². The van der Waals surface area contributed by atoms with Crippen LogP contribution in [0.1, 0.15) is 42.3 Å². The standard InChI is InChI=1S/C26H24N2O4S/c1-26(2,3)17-8-14-20(15-9-17)33(31,32)28-23-16-24(27-18-10-12-19(29)13-11-18)25(30)22-7-5-4-6-21(22)23/h4-16,27,29H,1-3H3/b28-23-. The number of hydrogen-bond acceptors (Lipinski definition) is 5. The molecule has 6 nitrogen and oxygen atoms in total. The number of anilines is 1. The zero-order chi connectivity index (χ0) is 23.8. The molecule has 0 radical (unpaired) electrons. The van der Waals surface area contributed by atoms with Gasteiger partial charge in [0, 0.05) is 16.8 Å². The Bertz CT molecular complexity index is 1380. The first-order valence-corrected chi connectivity index (χ1v) is 11.9. The summed E-state index contributed by atoms with van der Waals surface area (Å²) in [4.78, 5) is 13.1. The zero-order valence-corrected chi connectivity index (χ0v) is 19.3. The van der Waals surface area contributed by atoms with Crippen LogP contribution in [-0.4, -0.2) is 25.0 Å². The SMILES string of the molecule is CC(C)(C)c1ccc(S(=O)(=O)/N=C2/C=C(Nc3ccc(O)cc3)C(=O)c3ccccc32)cc1.